The zero-order valence-corrected chi connectivity index (χ0v) is 12.4. The molecule has 8 heteroatoms. The number of ether oxygens (including phenoxy) is 1. The van der Waals surface area contributed by atoms with Gasteiger partial charge < -0.3 is 15.8 Å². The summed E-state index contributed by atoms with van der Waals surface area (Å²) in [6, 6.07) is 6.88. The highest BCUT2D eigenvalue weighted by molar-refractivity contribution is 9.10. The molecule has 0 fully saturated rings. The van der Waals surface area contributed by atoms with Crippen molar-refractivity contribution >= 4 is 33.1 Å². The van der Waals surface area contributed by atoms with E-state index in [-0.39, 0.29) is 16.0 Å². The molecule has 1 aromatic carbocycles. The van der Waals surface area contributed by atoms with E-state index in [4.69, 9.17) is 10.5 Å². The summed E-state index contributed by atoms with van der Waals surface area (Å²) in [5.41, 5.74) is 5.47. The molecule has 0 spiro atoms. The first kappa shape index (κ1) is 15.4. The Labute approximate surface area is 127 Å². The molecule has 4 nitrogen and oxygen atoms in total. The molecule has 112 valence electrons. The number of hydrogen-bond donors (Lipinski definition) is 2. The maximum absolute atomic E-state index is 12.8. The van der Waals surface area contributed by atoms with E-state index in [1.165, 1.54) is 19.2 Å². The van der Waals surface area contributed by atoms with Gasteiger partial charge in [0, 0.05) is 16.2 Å². The van der Waals surface area contributed by atoms with Gasteiger partial charge in [0.15, 0.2) is 5.82 Å². The third-order valence-electron chi connectivity index (χ3n) is 2.64. The van der Waals surface area contributed by atoms with Crippen molar-refractivity contribution in [3.8, 4) is 5.88 Å². The zero-order chi connectivity index (χ0) is 15.6. The van der Waals surface area contributed by atoms with E-state index in [0.717, 1.165) is 6.07 Å². The number of nitrogens with two attached hydrogens (primary N) is 1. The Hall–Kier alpha value is -1.96. The van der Waals surface area contributed by atoms with Gasteiger partial charge in [-0.2, -0.15) is 18.2 Å². The van der Waals surface area contributed by atoms with Crippen LogP contribution in [0.1, 0.15) is 5.56 Å². The Morgan fingerprint density at radius 1 is 1.24 bits per heavy atom. The SMILES string of the molecule is COc1ccc(N)c(Nc2ccc(Br)c(C(F)(F)F)c2)n1. The number of rotatable bonds is 3. The molecule has 0 unspecified atom stereocenters. The van der Waals surface area contributed by atoms with Crippen LogP contribution in [0, 0.1) is 0 Å². The average Bonchev–Trinajstić information content (AvgIpc) is 2.42. The predicted octanol–water partition coefficient (Wildman–Crippen LogP) is 4.20. The molecule has 2 aromatic rings. The number of halogens is 4. The summed E-state index contributed by atoms with van der Waals surface area (Å²) >= 11 is 2.88. The molecular weight excluding hydrogens is 351 g/mol. The monoisotopic (exact) mass is 361 g/mol. The fraction of sp³-hybridized carbons (Fsp3) is 0.154. The third-order valence-corrected chi connectivity index (χ3v) is 3.34. The lowest BCUT2D eigenvalue weighted by Gasteiger charge is -2.13. The molecule has 0 aliphatic carbocycles. The van der Waals surface area contributed by atoms with Crippen LogP contribution in [0.3, 0.4) is 0 Å². The van der Waals surface area contributed by atoms with Gasteiger partial charge in [-0.25, -0.2) is 0 Å². The van der Waals surface area contributed by atoms with Gasteiger partial charge in [-0.3, -0.25) is 0 Å². The summed E-state index contributed by atoms with van der Waals surface area (Å²) in [5, 5.41) is 2.75. The maximum Gasteiger partial charge on any atom is 0.417 e. The van der Waals surface area contributed by atoms with E-state index >= 15 is 0 Å². The van der Waals surface area contributed by atoms with Crippen LogP contribution in [0.25, 0.3) is 0 Å². The van der Waals surface area contributed by atoms with Crippen molar-refractivity contribution in [2.24, 2.45) is 0 Å². The first-order valence-corrected chi connectivity index (χ1v) is 6.55. The highest BCUT2D eigenvalue weighted by Crippen LogP contribution is 2.37. The van der Waals surface area contributed by atoms with Crippen LogP contribution in [-0.2, 0) is 6.18 Å². The van der Waals surface area contributed by atoms with Crippen molar-refractivity contribution in [3.05, 3.63) is 40.4 Å². The topological polar surface area (TPSA) is 60.2 Å². The first-order valence-electron chi connectivity index (χ1n) is 5.75. The minimum absolute atomic E-state index is 0.0351. The second-order valence-electron chi connectivity index (χ2n) is 4.11. The fourth-order valence-corrected chi connectivity index (χ4v) is 2.09. The van der Waals surface area contributed by atoms with Crippen molar-refractivity contribution in [2.75, 3.05) is 18.2 Å². The molecule has 1 heterocycles. The standard InChI is InChI=1S/C13H11BrF3N3O/c1-21-11-5-4-10(18)12(20-11)19-7-2-3-9(14)8(6-7)13(15,16)17/h2-6H,18H2,1H3,(H,19,20). The molecule has 0 saturated carbocycles. The number of nitrogens with one attached hydrogen (secondary N) is 1. The molecule has 3 N–H and O–H groups in total. The molecule has 0 aliphatic heterocycles. The lowest BCUT2D eigenvalue weighted by Crippen LogP contribution is -2.07. The summed E-state index contributed by atoms with van der Waals surface area (Å²) in [6.07, 6.45) is -4.45. The quantitative estimate of drug-likeness (QED) is 0.859. The Morgan fingerprint density at radius 2 is 1.95 bits per heavy atom. The fourth-order valence-electron chi connectivity index (χ4n) is 1.62. The van der Waals surface area contributed by atoms with Crippen molar-refractivity contribution < 1.29 is 17.9 Å². The number of anilines is 3. The molecule has 0 saturated heterocycles. The van der Waals surface area contributed by atoms with Crippen LogP contribution >= 0.6 is 15.9 Å². The second kappa shape index (κ2) is 5.80. The predicted molar refractivity (Wildman–Crippen MR) is 77.6 cm³/mol. The summed E-state index contributed by atoms with van der Waals surface area (Å²) in [7, 11) is 1.43. The highest BCUT2D eigenvalue weighted by Gasteiger charge is 2.33. The molecular formula is C13H11BrF3N3O. The van der Waals surface area contributed by atoms with Crippen molar-refractivity contribution in [2.45, 2.75) is 6.18 Å². The van der Waals surface area contributed by atoms with Gasteiger partial charge in [0.05, 0.1) is 18.4 Å². The van der Waals surface area contributed by atoms with Crippen LogP contribution in [0.2, 0.25) is 0 Å². The largest absolute Gasteiger partial charge is 0.481 e. The second-order valence-corrected chi connectivity index (χ2v) is 4.96. The number of aromatic nitrogens is 1. The van der Waals surface area contributed by atoms with Crippen LogP contribution < -0.4 is 15.8 Å². The van der Waals surface area contributed by atoms with Gasteiger partial charge in [0.25, 0.3) is 0 Å². The summed E-state index contributed by atoms with van der Waals surface area (Å²) in [4.78, 5) is 4.05. The first-order chi connectivity index (χ1) is 9.81. The summed E-state index contributed by atoms with van der Waals surface area (Å²) in [5.74, 6) is 0.532. The van der Waals surface area contributed by atoms with Crippen molar-refractivity contribution in [1.29, 1.82) is 0 Å². The van der Waals surface area contributed by atoms with Gasteiger partial charge in [0.2, 0.25) is 5.88 Å². The number of pyridine rings is 1. The maximum atomic E-state index is 12.8. The normalized spacial score (nSPS) is 11.3. The van der Waals surface area contributed by atoms with E-state index in [0.29, 0.717) is 11.6 Å². The lowest BCUT2D eigenvalue weighted by atomic mass is 10.2. The number of methoxy groups -OCH3 is 1. The van der Waals surface area contributed by atoms with Crippen LogP contribution in [0.5, 0.6) is 5.88 Å². The summed E-state index contributed by atoms with van der Waals surface area (Å²) in [6.45, 7) is 0. The molecule has 0 amide bonds. The Morgan fingerprint density at radius 3 is 2.57 bits per heavy atom. The molecule has 21 heavy (non-hydrogen) atoms. The minimum atomic E-state index is -4.45. The molecule has 2 rings (SSSR count). The molecule has 1 aromatic heterocycles. The van der Waals surface area contributed by atoms with Crippen molar-refractivity contribution in [3.63, 3.8) is 0 Å². The van der Waals surface area contributed by atoms with Gasteiger partial charge in [-0.1, -0.05) is 15.9 Å². The number of alkyl halides is 3. The molecule has 0 bridgehead atoms. The zero-order valence-electron chi connectivity index (χ0n) is 10.8. The molecule has 0 radical (unpaired) electrons. The van der Waals surface area contributed by atoms with E-state index in [1.807, 2.05) is 0 Å². The van der Waals surface area contributed by atoms with E-state index in [1.54, 1.807) is 12.1 Å². The number of nitrogen functional groups attached to an aromatic ring is 1. The smallest absolute Gasteiger partial charge is 0.417 e. The van der Waals surface area contributed by atoms with Crippen molar-refractivity contribution in [1.82, 2.24) is 4.98 Å². The number of benzene rings is 1. The summed E-state index contributed by atoms with van der Waals surface area (Å²) < 4.78 is 43.5. The van der Waals surface area contributed by atoms with Gasteiger partial charge in [-0.05, 0) is 24.3 Å². The Balaban J connectivity index is 2.36. The van der Waals surface area contributed by atoms with Gasteiger partial charge in [-0.15, -0.1) is 0 Å². The van der Waals surface area contributed by atoms with Crippen LogP contribution in [0.4, 0.5) is 30.4 Å². The average molecular weight is 362 g/mol. The van der Waals surface area contributed by atoms with Gasteiger partial charge >= 0.3 is 6.18 Å². The van der Waals surface area contributed by atoms with E-state index in [2.05, 4.69) is 26.2 Å². The van der Waals surface area contributed by atoms with Crippen LogP contribution in [0.15, 0.2) is 34.8 Å². The minimum Gasteiger partial charge on any atom is -0.481 e. The number of nitrogens with zero attached hydrogens (tertiary/aromatic N) is 1. The Kier molecular flexibility index (Phi) is 4.26. The molecule has 0 atom stereocenters. The van der Waals surface area contributed by atoms with Crippen LogP contribution in [-0.4, -0.2) is 12.1 Å². The lowest BCUT2D eigenvalue weighted by molar-refractivity contribution is -0.138. The number of hydrogen-bond acceptors (Lipinski definition) is 4. The van der Waals surface area contributed by atoms with Gasteiger partial charge in [0.1, 0.15) is 0 Å². The third kappa shape index (κ3) is 3.57. The Bertz CT molecular complexity index is 662. The van der Waals surface area contributed by atoms with E-state index in [9.17, 15) is 13.2 Å². The highest BCUT2D eigenvalue weighted by atomic mass is 79.9. The van der Waals surface area contributed by atoms with E-state index < -0.39 is 11.7 Å². The molecule has 0 aliphatic rings.